The molecule has 1 fully saturated rings. The van der Waals surface area contributed by atoms with Crippen LogP contribution in [0.25, 0.3) is 0 Å². The van der Waals surface area contributed by atoms with Gasteiger partial charge in [-0.3, -0.25) is 24.1 Å². The summed E-state index contributed by atoms with van der Waals surface area (Å²) in [6, 6.07) is 29.8. The van der Waals surface area contributed by atoms with Crippen LogP contribution in [0, 0.1) is 23.7 Å². The number of amides is 4. The summed E-state index contributed by atoms with van der Waals surface area (Å²) in [4.78, 5) is 52.9. The van der Waals surface area contributed by atoms with E-state index in [0.29, 0.717) is 52.1 Å². The number of hydrogen-bond donors (Lipinski definition) is 0. The maximum atomic E-state index is 13.5. The predicted molar refractivity (Wildman–Crippen MR) is 216 cm³/mol. The van der Waals surface area contributed by atoms with Crippen LogP contribution in [0.5, 0.6) is 23.0 Å². The number of allylic oxidation sites excluding steroid dienone is 1. The highest BCUT2D eigenvalue weighted by Gasteiger charge is 2.40. The SMILES string of the molecule is C/C(=C\C(C)CC(C)CC(C)C)C1CC(=O)N(c2ccc(Oc3ccc(C(C)(C)c4ccc(Oc5ccc(N6C(=O)C=CC6=O)cc5)cc4)cc3)cc2)C1=O. The molecule has 4 aromatic carbocycles. The quantitative estimate of drug-likeness (QED) is 0.0944. The summed E-state index contributed by atoms with van der Waals surface area (Å²) in [6.07, 6.45) is 7.13. The molecule has 8 nitrogen and oxygen atoms in total. The molecule has 0 bridgehead atoms. The highest BCUT2D eigenvalue weighted by Crippen LogP contribution is 2.37. The van der Waals surface area contributed by atoms with Gasteiger partial charge >= 0.3 is 0 Å². The Hall–Kier alpha value is -5.76. The zero-order valence-corrected chi connectivity index (χ0v) is 32.7. The Morgan fingerprint density at radius 1 is 0.655 bits per heavy atom. The van der Waals surface area contributed by atoms with Gasteiger partial charge in [0.15, 0.2) is 0 Å². The van der Waals surface area contributed by atoms with Crippen molar-refractivity contribution in [2.45, 2.75) is 73.1 Å². The van der Waals surface area contributed by atoms with Gasteiger partial charge in [0.2, 0.25) is 11.8 Å². The van der Waals surface area contributed by atoms with Gasteiger partial charge in [-0.05, 0) is 121 Å². The first-order valence-electron chi connectivity index (χ1n) is 19.1. The molecule has 3 atom stereocenters. The molecule has 0 aliphatic carbocycles. The van der Waals surface area contributed by atoms with Gasteiger partial charge in [0.1, 0.15) is 23.0 Å². The molecule has 4 aromatic rings. The predicted octanol–water partition coefficient (Wildman–Crippen LogP) is 10.6. The molecule has 2 aliphatic heterocycles. The summed E-state index contributed by atoms with van der Waals surface area (Å²) in [7, 11) is 0. The number of imide groups is 2. The molecular weight excluding hydrogens is 689 g/mol. The lowest BCUT2D eigenvalue weighted by molar-refractivity contribution is -0.122. The molecule has 0 N–H and O–H groups in total. The summed E-state index contributed by atoms with van der Waals surface area (Å²) in [5.74, 6) is 2.63. The van der Waals surface area contributed by atoms with Crippen molar-refractivity contribution in [3.8, 4) is 23.0 Å². The van der Waals surface area contributed by atoms with Gasteiger partial charge in [0, 0.05) is 24.0 Å². The standard InChI is InChI=1S/C47H50N2O6/c1-30(2)26-31(3)27-32(4)28-33(5)42-29-45(52)49(46(42)53)37-14-22-41(23-15-37)55-39-18-10-35(11-19-39)47(6,7)34-8-16-38(17-9-34)54-40-20-12-36(13-21-40)48-43(50)24-25-44(48)51/h8-25,28,30-32,42H,26-27,29H2,1-7H3/b33-28+. The fraction of sp³-hybridized carbons (Fsp3) is 0.319. The summed E-state index contributed by atoms with van der Waals surface area (Å²) in [5, 5.41) is 0. The molecule has 3 unspecified atom stereocenters. The average molecular weight is 739 g/mol. The van der Waals surface area contributed by atoms with Crippen LogP contribution >= 0.6 is 0 Å². The second-order valence-corrected chi connectivity index (χ2v) is 15.9. The van der Waals surface area contributed by atoms with Gasteiger partial charge in [-0.2, -0.15) is 0 Å². The minimum Gasteiger partial charge on any atom is -0.457 e. The van der Waals surface area contributed by atoms with Crippen molar-refractivity contribution >= 4 is 35.0 Å². The third-order valence-corrected chi connectivity index (χ3v) is 10.5. The Balaban J connectivity index is 1.04. The van der Waals surface area contributed by atoms with Crippen molar-refractivity contribution in [2.75, 3.05) is 9.80 Å². The Kier molecular flexibility index (Phi) is 11.6. The third-order valence-electron chi connectivity index (χ3n) is 10.5. The van der Waals surface area contributed by atoms with Crippen molar-refractivity contribution in [2.24, 2.45) is 23.7 Å². The van der Waals surface area contributed by atoms with E-state index in [1.54, 1.807) is 48.5 Å². The molecule has 0 aromatic heterocycles. The van der Waals surface area contributed by atoms with E-state index in [2.05, 4.69) is 47.6 Å². The first-order chi connectivity index (χ1) is 26.2. The highest BCUT2D eigenvalue weighted by molar-refractivity contribution is 6.28. The van der Waals surface area contributed by atoms with E-state index < -0.39 is 5.92 Å². The fourth-order valence-electron chi connectivity index (χ4n) is 7.73. The smallest absolute Gasteiger partial charge is 0.258 e. The van der Waals surface area contributed by atoms with Crippen LogP contribution in [0.1, 0.15) is 78.9 Å². The van der Waals surface area contributed by atoms with Gasteiger partial charge in [0.25, 0.3) is 11.8 Å². The zero-order valence-electron chi connectivity index (χ0n) is 32.7. The molecule has 0 spiro atoms. The molecule has 2 aliphatic rings. The molecule has 4 amide bonds. The van der Waals surface area contributed by atoms with Gasteiger partial charge in [0.05, 0.1) is 17.3 Å². The number of rotatable bonds is 14. The van der Waals surface area contributed by atoms with Crippen LogP contribution in [0.2, 0.25) is 0 Å². The first-order valence-corrected chi connectivity index (χ1v) is 19.1. The maximum absolute atomic E-state index is 13.5. The van der Waals surface area contributed by atoms with E-state index in [-0.39, 0.29) is 35.5 Å². The van der Waals surface area contributed by atoms with Crippen LogP contribution in [0.15, 0.2) is 121 Å². The summed E-state index contributed by atoms with van der Waals surface area (Å²) in [6.45, 7) is 15.3. The highest BCUT2D eigenvalue weighted by atomic mass is 16.5. The van der Waals surface area contributed by atoms with Gasteiger partial charge < -0.3 is 9.47 Å². The number of nitrogens with zero attached hydrogens (tertiary/aromatic N) is 2. The molecule has 284 valence electrons. The number of carbonyl (C=O) groups excluding carboxylic acids is 4. The Morgan fingerprint density at radius 3 is 1.51 bits per heavy atom. The number of benzene rings is 4. The second kappa shape index (κ2) is 16.3. The molecule has 6 rings (SSSR count). The van der Waals surface area contributed by atoms with Gasteiger partial charge in [-0.1, -0.05) is 77.5 Å². The largest absolute Gasteiger partial charge is 0.457 e. The number of hydrogen-bond acceptors (Lipinski definition) is 6. The lowest BCUT2D eigenvalue weighted by Gasteiger charge is -2.26. The molecule has 2 heterocycles. The Labute approximate surface area is 324 Å². The average Bonchev–Trinajstić information content (AvgIpc) is 3.64. The Morgan fingerprint density at radius 2 is 1.07 bits per heavy atom. The van der Waals surface area contributed by atoms with E-state index in [0.717, 1.165) is 28.0 Å². The van der Waals surface area contributed by atoms with Crippen LogP contribution in [-0.4, -0.2) is 23.6 Å². The van der Waals surface area contributed by atoms with Crippen molar-refractivity contribution in [1.29, 1.82) is 0 Å². The zero-order chi connectivity index (χ0) is 39.4. The lowest BCUT2D eigenvalue weighted by atomic mass is 9.78. The lowest BCUT2D eigenvalue weighted by Crippen LogP contribution is -2.30. The molecule has 0 radical (unpaired) electrons. The topological polar surface area (TPSA) is 93.2 Å². The van der Waals surface area contributed by atoms with E-state index in [1.807, 2.05) is 55.5 Å². The van der Waals surface area contributed by atoms with Crippen molar-refractivity contribution in [3.05, 3.63) is 132 Å². The van der Waals surface area contributed by atoms with Crippen LogP contribution in [-0.2, 0) is 24.6 Å². The second-order valence-electron chi connectivity index (χ2n) is 15.9. The summed E-state index contributed by atoms with van der Waals surface area (Å²) >= 11 is 0. The number of carbonyl (C=O) groups is 4. The van der Waals surface area contributed by atoms with Crippen molar-refractivity contribution < 1.29 is 28.7 Å². The third kappa shape index (κ3) is 8.97. The Bertz CT molecular complexity index is 2080. The van der Waals surface area contributed by atoms with E-state index in [4.69, 9.17) is 9.47 Å². The van der Waals surface area contributed by atoms with E-state index >= 15 is 0 Å². The van der Waals surface area contributed by atoms with Crippen LogP contribution < -0.4 is 19.3 Å². The first kappa shape index (κ1) is 38.9. The molecule has 1 saturated heterocycles. The van der Waals surface area contributed by atoms with Crippen LogP contribution in [0.3, 0.4) is 0 Å². The van der Waals surface area contributed by atoms with Crippen molar-refractivity contribution in [3.63, 3.8) is 0 Å². The van der Waals surface area contributed by atoms with Gasteiger partial charge in [-0.25, -0.2) is 4.90 Å². The molecule has 8 heteroatoms. The summed E-state index contributed by atoms with van der Waals surface area (Å²) in [5.41, 5.74) is 3.90. The minimum absolute atomic E-state index is 0.171. The van der Waals surface area contributed by atoms with Crippen LogP contribution in [0.4, 0.5) is 11.4 Å². The number of ether oxygens (including phenoxy) is 2. The maximum Gasteiger partial charge on any atom is 0.258 e. The fourth-order valence-corrected chi connectivity index (χ4v) is 7.73. The van der Waals surface area contributed by atoms with E-state index in [9.17, 15) is 19.2 Å². The molecule has 55 heavy (non-hydrogen) atoms. The minimum atomic E-state index is -0.425. The van der Waals surface area contributed by atoms with Gasteiger partial charge in [-0.15, -0.1) is 0 Å². The molecular formula is C47H50N2O6. The molecule has 0 saturated carbocycles. The monoisotopic (exact) mass is 738 g/mol. The van der Waals surface area contributed by atoms with Crippen molar-refractivity contribution in [1.82, 2.24) is 0 Å². The normalized spacial score (nSPS) is 17.4. The number of anilines is 2. The summed E-state index contributed by atoms with van der Waals surface area (Å²) < 4.78 is 12.2. The van der Waals surface area contributed by atoms with E-state index in [1.165, 1.54) is 23.5 Å².